The lowest BCUT2D eigenvalue weighted by atomic mass is 9.92. The van der Waals surface area contributed by atoms with Gasteiger partial charge in [-0.05, 0) is 24.3 Å². The standard InChI is InChI=1S/C21H24N4/c1-3-9-19(14-16(2)17-10-5-4-6-11-17)23-25-21-20-13-8-7-12-18(20)15-22-24-21/h4-8,10-13,15-16,19H,3,9,14H2,1-2H3. The summed E-state index contributed by atoms with van der Waals surface area (Å²) in [6.45, 7) is 4.44. The van der Waals surface area contributed by atoms with E-state index in [0.29, 0.717) is 11.7 Å². The Kier molecular flexibility index (Phi) is 5.83. The van der Waals surface area contributed by atoms with Gasteiger partial charge in [-0.2, -0.15) is 10.2 Å². The van der Waals surface area contributed by atoms with Gasteiger partial charge in [-0.3, -0.25) is 0 Å². The van der Waals surface area contributed by atoms with Gasteiger partial charge in [-0.25, -0.2) is 0 Å². The third-order valence-electron chi connectivity index (χ3n) is 4.48. The van der Waals surface area contributed by atoms with Crippen LogP contribution in [0.3, 0.4) is 0 Å². The number of fused-ring (bicyclic) bond motifs is 1. The van der Waals surface area contributed by atoms with E-state index in [9.17, 15) is 0 Å². The van der Waals surface area contributed by atoms with Crippen LogP contribution in [0.1, 0.15) is 44.6 Å². The van der Waals surface area contributed by atoms with Gasteiger partial charge in [-0.1, -0.05) is 74.9 Å². The molecule has 0 N–H and O–H groups in total. The Morgan fingerprint density at radius 3 is 2.56 bits per heavy atom. The molecule has 0 amide bonds. The fourth-order valence-corrected chi connectivity index (χ4v) is 3.10. The van der Waals surface area contributed by atoms with E-state index in [4.69, 9.17) is 0 Å². The van der Waals surface area contributed by atoms with Crippen molar-refractivity contribution in [2.24, 2.45) is 10.2 Å². The van der Waals surface area contributed by atoms with Crippen molar-refractivity contribution in [2.45, 2.75) is 45.1 Å². The molecular weight excluding hydrogens is 308 g/mol. The lowest BCUT2D eigenvalue weighted by molar-refractivity contribution is 0.501. The van der Waals surface area contributed by atoms with Crippen molar-refractivity contribution in [1.82, 2.24) is 10.2 Å². The summed E-state index contributed by atoms with van der Waals surface area (Å²) in [7, 11) is 0. The van der Waals surface area contributed by atoms with Crippen molar-refractivity contribution in [1.29, 1.82) is 0 Å². The topological polar surface area (TPSA) is 50.5 Å². The first-order chi connectivity index (χ1) is 12.3. The minimum Gasteiger partial charge on any atom is -0.184 e. The van der Waals surface area contributed by atoms with Crippen LogP contribution in [0.15, 0.2) is 71.0 Å². The van der Waals surface area contributed by atoms with Crippen LogP contribution in [-0.2, 0) is 0 Å². The molecule has 0 aliphatic heterocycles. The summed E-state index contributed by atoms with van der Waals surface area (Å²) in [5.41, 5.74) is 1.35. The highest BCUT2D eigenvalue weighted by Crippen LogP contribution is 2.26. The fraction of sp³-hybridized carbons (Fsp3) is 0.333. The zero-order valence-corrected chi connectivity index (χ0v) is 14.8. The zero-order valence-electron chi connectivity index (χ0n) is 14.8. The number of rotatable bonds is 7. The van der Waals surface area contributed by atoms with E-state index in [-0.39, 0.29) is 6.04 Å². The molecule has 3 rings (SSSR count). The predicted octanol–water partition coefficient (Wildman–Crippen LogP) is 6.08. The van der Waals surface area contributed by atoms with Crippen LogP contribution < -0.4 is 0 Å². The van der Waals surface area contributed by atoms with Crippen LogP contribution in [0.2, 0.25) is 0 Å². The maximum absolute atomic E-state index is 4.62. The highest BCUT2D eigenvalue weighted by Gasteiger charge is 2.14. The third-order valence-corrected chi connectivity index (χ3v) is 4.48. The number of aromatic nitrogens is 2. The second kappa shape index (κ2) is 8.47. The number of azo groups is 1. The van der Waals surface area contributed by atoms with Gasteiger partial charge in [0.25, 0.3) is 0 Å². The van der Waals surface area contributed by atoms with Crippen molar-refractivity contribution in [2.75, 3.05) is 0 Å². The molecule has 0 radical (unpaired) electrons. The molecule has 0 fully saturated rings. The van der Waals surface area contributed by atoms with Gasteiger partial charge < -0.3 is 0 Å². The molecule has 0 saturated carbocycles. The quantitative estimate of drug-likeness (QED) is 0.493. The summed E-state index contributed by atoms with van der Waals surface area (Å²) in [5, 5.41) is 19.3. The lowest BCUT2D eigenvalue weighted by Gasteiger charge is -2.16. The van der Waals surface area contributed by atoms with Gasteiger partial charge in [-0.15, -0.1) is 10.2 Å². The molecule has 4 heteroatoms. The smallest absolute Gasteiger partial charge is 0.184 e. The second-order valence-corrected chi connectivity index (χ2v) is 6.46. The van der Waals surface area contributed by atoms with Crippen LogP contribution in [-0.4, -0.2) is 16.2 Å². The molecule has 1 heterocycles. The molecule has 25 heavy (non-hydrogen) atoms. The van der Waals surface area contributed by atoms with Gasteiger partial charge in [0.15, 0.2) is 0 Å². The van der Waals surface area contributed by atoms with Crippen LogP contribution >= 0.6 is 0 Å². The highest BCUT2D eigenvalue weighted by molar-refractivity contribution is 5.89. The van der Waals surface area contributed by atoms with E-state index in [1.807, 2.05) is 24.3 Å². The molecule has 4 nitrogen and oxygen atoms in total. The Bertz CT molecular complexity index is 824. The summed E-state index contributed by atoms with van der Waals surface area (Å²) in [4.78, 5) is 0. The largest absolute Gasteiger partial charge is 0.203 e. The molecule has 2 aromatic carbocycles. The maximum atomic E-state index is 4.62. The first kappa shape index (κ1) is 17.2. The van der Waals surface area contributed by atoms with Gasteiger partial charge in [0.2, 0.25) is 5.82 Å². The SMILES string of the molecule is CCCC(CC(C)c1ccccc1)N=Nc1nncc2ccccc12. The summed E-state index contributed by atoms with van der Waals surface area (Å²) >= 11 is 0. The second-order valence-electron chi connectivity index (χ2n) is 6.46. The number of hydrogen-bond acceptors (Lipinski definition) is 4. The van der Waals surface area contributed by atoms with Crippen LogP contribution in [0.4, 0.5) is 5.82 Å². The van der Waals surface area contributed by atoms with E-state index in [1.165, 1.54) is 5.56 Å². The van der Waals surface area contributed by atoms with Gasteiger partial charge in [0.1, 0.15) is 0 Å². The van der Waals surface area contributed by atoms with Crippen LogP contribution in [0, 0.1) is 0 Å². The van der Waals surface area contributed by atoms with Crippen molar-refractivity contribution in [3.63, 3.8) is 0 Å². The molecule has 1 aromatic heterocycles. The van der Waals surface area contributed by atoms with Gasteiger partial charge in [0, 0.05) is 10.8 Å². The van der Waals surface area contributed by atoms with Crippen LogP contribution in [0.5, 0.6) is 0 Å². The first-order valence-electron chi connectivity index (χ1n) is 8.94. The summed E-state index contributed by atoms with van der Waals surface area (Å²) < 4.78 is 0. The van der Waals surface area contributed by atoms with Crippen LogP contribution in [0.25, 0.3) is 10.8 Å². The minimum atomic E-state index is 0.195. The molecule has 3 aromatic rings. The minimum absolute atomic E-state index is 0.195. The first-order valence-corrected chi connectivity index (χ1v) is 8.94. The molecule has 0 aliphatic rings. The molecule has 2 unspecified atom stereocenters. The highest BCUT2D eigenvalue weighted by atomic mass is 15.2. The fourth-order valence-electron chi connectivity index (χ4n) is 3.10. The average molecular weight is 332 g/mol. The van der Waals surface area contributed by atoms with Crippen molar-refractivity contribution in [3.8, 4) is 0 Å². The van der Waals surface area contributed by atoms with E-state index in [0.717, 1.165) is 30.0 Å². The van der Waals surface area contributed by atoms with Gasteiger partial charge in [0.05, 0.1) is 12.2 Å². The number of benzene rings is 2. The number of nitrogens with zero attached hydrogens (tertiary/aromatic N) is 4. The predicted molar refractivity (Wildman–Crippen MR) is 102 cm³/mol. The monoisotopic (exact) mass is 332 g/mol. The Labute approximate surface area is 149 Å². The van der Waals surface area contributed by atoms with E-state index >= 15 is 0 Å². The lowest BCUT2D eigenvalue weighted by Crippen LogP contribution is -2.08. The molecule has 0 bridgehead atoms. The molecule has 0 aliphatic carbocycles. The maximum Gasteiger partial charge on any atom is 0.203 e. The normalized spacial score (nSPS) is 14.0. The molecule has 2 atom stereocenters. The summed E-state index contributed by atoms with van der Waals surface area (Å²) in [6, 6.07) is 18.8. The Hall–Kier alpha value is -2.62. The summed E-state index contributed by atoms with van der Waals surface area (Å²) in [6.07, 6.45) is 4.86. The van der Waals surface area contributed by atoms with Crippen molar-refractivity contribution in [3.05, 3.63) is 66.4 Å². The molecule has 128 valence electrons. The summed E-state index contributed by atoms with van der Waals surface area (Å²) in [5.74, 6) is 1.06. The van der Waals surface area contributed by atoms with E-state index in [2.05, 4.69) is 64.6 Å². The Morgan fingerprint density at radius 1 is 1.00 bits per heavy atom. The molecular formula is C21H24N4. The van der Waals surface area contributed by atoms with Gasteiger partial charge >= 0.3 is 0 Å². The Balaban J connectivity index is 1.78. The molecule has 0 saturated heterocycles. The average Bonchev–Trinajstić information content (AvgIpc) is 2.67. The number of hydrogen-bond donors (Lipinski definition) is 0. The van der Waals surface area contributed by atoms with E-state index < -0.39 is 0 Å². The van der Waals surface area contributed by atoms with E-state index in [1.54, 1.807) is 6.20 Å². The van der Waals surface area contributed by atoms with Crippen molar-refractivity contribution < 1.29 is 0 Å². The Morgan fingerprint density at radius 2 is 1.76 bits per heavy atom. The molecule has 0 spiro atoms. The van der Waals surface area contributed by atoms with Crippen molar-refractivity contribution >= 4 is 16.6 Å². The third kappa shape index (κ3) is 4.47. The zero-order chi connectivity index (χ0) is 17.5.